The number of aryl methyl sites for hydroxylation is 1. The minimum absolute atomic E-state index is 0.0178. The summed E-state index contributed by atoms with van der Waals surface area (Å²) < 4.78 is 6.20. The number of hydrogen-bond donors (Lipinski definition) is 0. The van der Waals surface area contributed by atoms with E-state index in [-0.39, 0.29) is 17.2 Å². The second-order valence-corrected chi connectivity index (χ2v) is 10.7. The monoisotopic (exact) mass is 517 g/mol. The van der Waals surface area contributed by atoms with Crippen LogP contribution in [0.15, 0.2) is 66.9 Å². The number of piperidine rings is 1. The van der Waals surface area contributed by atoms with Crippen molar-refractivity contribution >= 4 is 23.4 Å². The average molecular weight is 518 g/mol. The van der Waals surface area contributed by atoms with E-state index in [2.05, 4.69) is 23.2 Å². The fourth-order valence-corrected chi connectivity index (χ4v) is 5.45. The summed E-state index contributed by atoms with van der Waals surface area (Å²) in [5, 5.41) is 0.613. The highest BCUT2D eigenvalue weighted by molar-refractivity contribution is 6.30. The topological polar surface area (TPSA) is 62.7 Å². The zero-order valence-electron chi connectivity index (χ0n) is 21.2. The van der Waals surface area contributed by atoms with E-state index >= 15 is 0 Å². The summed E-state index contributed by atoms with van der Waals surface area (Å²) in [5.41, 5.74) is 3.66. The van der Waals surface area contributed by atoms with E-state index < -0.39 is 0 Å². The molecule has 5 rings (SSSR count). The first-order valence-electron chi connectivity index (χ1n) is 12.9. The zero-order chi connectivity index (χ0) is 25.8. The number of benzene rings is 2. The molecule has 0 radical (unpaired) electrons. The van der Waals surface area contributed by atoms with E-state index in [0.717, 1.165) is 18.7 Å². The molecule has 1 saturated heterocycles. The van der Waals surface area contributed by atoms with Crippen molar-refractivity contribution in [1.29, 1.82) is 0 Å². The van der Waals surface area contributed by atoms with Gasteiger partial charge in [0.1, 0.15) is 5.75 Å². The van der Waals surface area contributed by atoms with Gasteiger partial charge in [0.2, 0.25) is 5.91 Å². The molecule has 0 unspecified atom stereocenters. The van der Waals surface area contributed by atoms with Crippen molar-refractivity contribution in [1.82, 2.24) is 14.8 Å². The van der Waals surface area contributed by atoms with E-state index in [4.69, 9.17) is 16.3 Å². The Morgan fingerprint density at radius 1 is 0.973 bits per heavy atom. The molecule has 0 atom stereocenters. The number of aromatic nitrogens is 1. The Hall–Kier alpha value is -3.38. The summed E-state index contributed by atoms with van der Waals surface area (Å²) in [5.74, 6) is 0.818. The van der Waals surface area contributed by atoms with Crippen molar-refractivity contribution in [2.24, 2.45) is 5.41 Å². The van der Waals surface area contributed by atoms with Crippen molar-refractivity contribution in [2.75, 3.05) is 26.2 Å². The molecule has 2 aliphatic heterocycles. The lowest BCUT2D eigenvalue weighted by molar-refractivity contribution is -0.136. The first-order chi connectivity index (χ1) is 17.9. The molecular weight excluding hydrogens is 486 g/mol. The zero-order valence-corrected chi connectivity index (χ0v) is 21.9. The highest BCUT2D eigenvalue weighted by Gasteiger charge is 2.40. The molecule has 6 nitrogen and oxygen atoms in total. The molecule has 192 valence electrons. The quantitative estimate of drug-likeness (QED) is 0.444. The molecule has 1 fully saturated rings. The molecule has 0 bridgehead atoms. The molecular formula is C30H32ClN3O3. The van der Waals surface area contributed by atoms with Crippen LogP contribution in [-0.4, -0.2) is 52.8 Å². The van der Waals surface area contributed by atoms with Crippen molar-refractivity contribution in [3.63, 3.8) is 0 Å². The van der Waals surface area contributed by atoms with Crippen LogP contribution in [0.2, 0.25) is 5.02 Å². The third-order valence-electron chi connectivity index (χ3n) is 7.62. The van der Waals surface area contributed by atoms with Gasteiger partial charge in [0.25, 0.3) is 5.91 Å². The third kappa shape index (κ3) is 5.96. The lowest BCUT2D eigenvalue weighted by Gasteiger charge is -2.42. The lowest BCUT2D eigenvalue weighted by Crippen LogP contribution is -2.48. The van der Waals surface area contributed by atoms with Crippen LogP contribution >= 0.6 is 11.6 Å². The molecule has 0 spiro atoms. The fraction of sp³-hybridized carbons (Fsp3) is 0.367. The van der Waals surface area contributed by atoms with Crippen molar-refractivity contribution in [3.05, 3.63) is 94.3 Å². The summed E-state index contributed by atoms with van der Waals surface area (Å²) in [7, 11) is 0. The second-order valence-electron chi connectivity index (χ2n) is 10.2. The van der Waals surface area contributed by atoms with Gasteiger partial charge in [-0.25, -0.2) is 0 Å². The minimum atomic E-state index is -0.362. The number of pyridine rings is 1. The number of likely N-dealkylation sites (tertiary alicyclic amines) is 1. The standard InChI is InChI=1S/C30H32ClN3O3/c1-22-9-10-24(19-32-22)29(36)33-15-12-30(13-16-33,21-37-27-8-4-7-26(31)17-27)18-28(35)34-14-11-23-5-2-3-6-25(23)20-34/h2-10,17,19H,11-16,18,20-21H2,1H3. The molecule has 0 aliphatic carbocycles. The van der Waals surface area contributed by atoms with Crippen LogP contribution in [0.4, 0.5) is 0 Å². The van der Waals surface area contributed by atoms with Crippen molar-refractivity contribution in [2.45, 2.75) is 39.2 Å². The Morgan fingerprint density at radius 2 is 1.76 bits per heavy atom. The number of amides is 2. The smallest absolute Gasteiger partial charge is 0.255 e. The van der Waals surface area contributed by atoms with Gasteiger partial charge in [-0.1, -0.05) is 41.9 Å². The first-order valence-corrected chi connectivity index (χ1v) is 13.2. The number of ether oxygens (including phenoxy) is 1. The summed E-state index contributed by atoms with van der Waals surface area (Å²) in [6, 6.07) is 19.4. The highest BCUT2D eigenvalue weighted by atomic mass is 35.5. The summed E-state index contributed by atoms with van der Waals surface area (Å²) in [6.07, 6.45) is 4.29. The molecule has 2 aliphatic rings. The van der Waals surface area contributed by atoms with E-state index in [1.165, 1.54) is 11.1 Å². The molecule has 0 N–H and O–H groups in total. The maximum absolute atomic E-state index is 13.6. The highest BCUT2D eigenvalue weighted by Crippen LogP contribution is 2.38. The van der Waals surface area contributed by atoms with Crippen LogP contribution in [0, 0.1) is 12.3 Å². The third-order valence-corrected chi connectivity index (χ3v) is 7.86. The normalized spacial score (nSPS) is 16.7. The van der Waals surface area contributed by atoms with E-state index in [1.54, 1.807) is 12.3 Å². The molecule has 3 aromatic rings. The van der Waals surface area contributed by atoms with Gasteiger partial charge in [-0.15, -0.1) is 0 Å². The summed E-state index contributed by atoms with van der Waals surface area (Å²) in [6.45, 7) is 4.82. The van der Waals surface area contributed by atoms with E-state index in [9.17, 15) is 9.59 Å². The summed E-state index contributed by atoms with van der Waals surface area (Å²) in [4.78, 5) is 34.8. The Morgan fingerprint density at radius 3 is 2.49 bits per heavy atom. The van der Waals surface area contributed by atoms with Gasteiger partial charge in [0.15, 0.2) is 0 Å². The number of fused-ring (bicyclic) bond motifs is 1. The number of hydrogen-bond acceptors (Lipinski definition) is 4. The molecule has 7 heteroatoms. The van der Waals surface area contributed by atoms with Gasteiger partial charge in [-0.2, -0.15) is 0 Å². The number of halogens is 1. The van der Waals surface area contributed by atoms with Crippen LogP contribution in [-0.2, 0) is 17.8 Å². The Bertz CT molecular complexity index is 1270. The number of carbonyl (C=O) groups is 2. The van der Waals surface area contributed by atoms with Gasteiger partial charge >= 0.3 is 0 Å². The van der Waals surface area contributed by atoms with Crippen molar-refractivity contribution in [3.8, 4) is 5.75 Å². The van der Waals surface area contributed by atoms with Crippen LogP contribution in [0.5, 0.6) is 5.75 Å². The van der Waals surface area contributed by atoms with Gasteiger partial charge < -0.3 is 14.5 Å². The van der Waals surface area contributed by atoms with Crippen molar-refractivity contribution < 1.29 is 14.3 Å². The fourth-order valence-electron chi connectivity index (χ4n) is 5.27. The van der Waals surface area contributed by atoms with Gasteiger partial charge in [0.05, 0.1) is 12.2 Å². The molecule has 2 aromatic carbocycles. The SMILES string of the molecule is Cc1ccc(C(=O)N2CCC(COc3cccc(Cl)c3)(CC(=O)N3CCc4ccccc4C3)CC2)cn1. The number of rotatable bonds is 6. The molecule has 3 heterocycles. The van der Waals surface area contributed by atoms with Gasteiger partial charge in [-0.3, -0.25) is 14.6 Å². The van der Waals surface area contributed by atoms with Gasteiger partial charge in [0, 0.05) is 54.9 Å². The first kappa shape index (κ1) is 25.3. The Balaban J connectivity index is 1.29. The van der Waals surface area contributed by atoms with Crippen LogP contribution in [0.3, 0.4) is 0 Å². The second kappa shape index (κ2) is 10.9. The Kier molecular flexibility index (Phi) is 7.47. The molecule has 2 amide bonds. The lowest BCUT2D eigenvalue weighted by atomic mass is 9.75. The molecule has 0 saturated carbocycles. The largest absolute Gasteiger partial charge is 0.493 e. The van der Waals surface area contributed by atoms with E-state index in [1.807, 2.05) is 53.1 Å². The van der Waals surface area contributed by atoms with Crippen LogP contribution in [0.25, 0.3) is 0 Å². The molecule has 37 heavy (non-hydrogen) atoms. The summed E-state index contributed by atoms with van der Waals surface area (Å²) >= 11 is 6.16. The number of carbonyl (C=O) groups excluding carboxylic acids is 2. The van der Waals surface area contributed by atoms with E-state index in [0.29, 0.717) is 61.8 Å². The maximum atomic E-state index is 13.6. The Labute approximate surface area is 223 Å². The number of nitrogens with zero attached hydrogens (tertiary/aromatic N) is 3. The van der Waals surface area contributed by atoms with Crippen LogP contribution < -0.4 is 4.74 Å². The minimum Gasteiger partial charge on any atom is -0.493 e. The predicted octanol–water partition coefficient (Wildman–Crippen LogP) is 5.32. The predicted molar refractivity (Wildman–Crippen MR) is 144 cm³/mol. The van der Waals surface area contributed by atoms with Crippen LogP contribution in [0.1, 0.15) is 46.4 Å². The molecule has 1 aromatic heterocycles. The maximum Gasteiger partial charge on any atom is 0.255 e. The van der Waals surface area contributed by atoms with Gasteiger partial charge in [-0.05, 0) is 67.6 Å². The average Bonchev–Trinajstić information content (AvgIpc) is 2.92.